The Labute approximate surface area is 117 Å². The summed E-state index contributed by atoms with van der Waals surface area (Å²) < 4.78 is 5.58. The van der Waals surface area contributed by atoms with Crippen LogP contribution in [0.5, 0.6) is 5.88 Å². The molecule has 2 N–H and O–H groups in total. The number of benzene rings is 1. The van der Waals surface area contributed by atoms with E-state index in [0.29, 0.717) is 18.2 Å². The van der Waals surface area contributed by atoms with Gasteiger partial charge in [-0.2, -0.15) is 0 Å². The number of aryl methyl sites for hydroxylation is 1. The topological polar surface area (TPSA) is 61.0 Å². The lowest BCUT2D eigenvalue weighted by Gasteiger charge is -2.08. The lowest BCUT2D eigenvalue weighted by Crippen LogP contribution is -2.15. The van der Waals surface area contributed by atoms with E-state index in [4.69, 9.17) is 22.7 Å². The molecule has 4 nitrogen and oxygen atoms in total. The lowest BCUT2D eigenvalue weighted by molar-refractivity contribution is 0.297. The maximum atomic E-state index is 5.58. The van der Waals surface area contributed by atoms with Gasteiger partial charge in [0.1, 0.15) is 4.99 Å². The van der Waals surface area contributed by atoms with Crippen LogP contribution in [0, 0.1) is 0 Å². The van der Waals surface area contributed by atoms with E-state index in [-0.39, 0.29) is 4.99 Å². The molecule has 0 aliphatic heterocycles. The molecule has 0 spiro atoms. The number of thiocarbonyl (C=S) groups is 1. The first kappa shape index (κ1) is 13.4. The Kier molecular flexibility index (Phi) is 4.80. The molecule has 0 fully saturated rings. The molecule has 98 valence electrons. The highest BCUT2D eigenvalue weighted by Crippen LogP contribution is 2.12. The highest BCUT2D eigenvalue weighted by Gasteiger charge is 2.08. The highest BCUT2D eigenvalue weighted by molar-refractivity contribution is 7.80. The van der Waals surface area contributed by atoms with E-state index in [0.717, 1.165) is 12.8 Å². The van der Waals surface area contributed by atoms with Crippen LogP contribution in [0.4, 0.5) is 0 Å². The van der Waals surface area contributed by atoms with Gasteiger partial charge in [-0.3, -0.25) is 0 Å². The Morgan fingerprint density at radius 2 is 1.89 bits per heavy atom. The molecule has 0 aliphatic rings. The van der Waals surface area contributed by atoms with Crippen LogP contribution >= 0.6 is 12.2 Å². The van der Waals surface area contributed by atoms with Crippen molar-refractivity contribution in [1.82, 2.24) is 9.97 Å². The number of hydrogen-bond donors (Lipinski definition) is 1. The molecule has 1 aromatic heterocycles. The molecule has 0 unspecified atom stereocenters. The van der Waals surface area contributed by atoms with Crippen LogP contribution < -0.4 is 10.5 Å². The van der Waals surface area contributed by atoms with E-state index in [2.05, 4.69) is 22.1 Å². The van der Waals surface area contributed by atoms with Crippen LogP contribution in [0.1, 0.15) is 17.7 Å². The van der Waals surface area contributed by atoms with Gasteiger partial charge in [-0.1, -0.05) is 42.5 Å². The van der Waals surface area contributed by atoms with Gasteiger partial charge in [0.25, 0.3) is 0 Å². The van der Waals surface area contributed by atoms with Crippen molar-refractivity contribution in [2.75, 3.05) is 6.61 Å². The number of nitrogens with zero attached hydrogens (tertiary/aromatic N) is 2. The molecular formula is C14H15N3OS. The maximum absolute atomic E-state index is 5.58. The van der Waals surface area contributed by atoms with Crippen molar-refractivity contribution in [3.8, 4) is 5.88 Å². The Morgan fingerprint density at radius 1 is 1.16 bits per heavy atom. The molecule has 2 aromatic rings. The van der Waals surface area contributed by atoms with Crippen LogP contribution in [0.2, 0.25) is 0 Å². The monoisotopic (exact) mass is 273 g/mol. The fraction of sp³-hybridized carbons (Fsp3) is 0.214. The van der Waals surface area contributed by atoms with E-state index in [1.54, 1.807) is 12.4 Å². The Hall–Kier alpha value is -2.01. The quantitative estimate of drug-likeness (QED) is 0.645. The molecule has 19 heavy (non-hydrogen) atoms. The SMILES string of the molecule is NC(=S)c1nccnc1OCCCc1ccccc1. The standard InChI is InChI=1S/C14H15N3OS/c15-13(19)12-14(17-9-8-16-12)18-10-4-7-11-5-2-1-3-6-11/h1-3,5-6,8-9H,4,7,10H2,(H2,15,19). The van der Waals surface area contributed by atoms with Crippen LogP contribution in [-0.4, -0.2) is 21.6 Å². The number of ether oxygens (including phenoxy) is 1. The summed E-state index contributed by atoms with van der Waals surface area (Å²) in [5.74, 6) is 0.406. The Bertz CT molecular complexity index is 545. The summed E-state index contributed by atoms with van der Waals surface area (Å²) >= 11 is 4.90. The van der Waals surface area contributed by atoms with E-state index < -0.39 is 0 Å². The molecule has 0 aliphatic carbocycles. The Balaban J connectivity index is 1.85. The molecule has 0 saturated carbocycles. The molecule has 2 rings (SSSR count). The predicted molar refractivity (Wildman–Crippen MR) is 78.2 cm³/mol. The predicted octanol–water partition coefficient (Wildman–Crippen LogP) is 2.12. The van der Waals surface area contributed by atoms with Gasteiger partial charge in [0.15, 0.2) is 5.69 Å². The van der Waals surface area contributed by atoms with Gasteiger partial charge in [0.05, 0.1) is 6.61 Å². The summed E-state index contributed by atoms with van der Waals surface area (Å²) in [6.07, 6.45) is 4.97. The largest absolute Gasteiger partial charge is 0.476 e. The average molecular weight is 273 g/mol. The van der Waals surface area contributed by atoms with Gasteiger partial charge >= 0.3 is 0 Å². The van der Waals surface area contributed by atoms with Crippen molar-refractivity contribution >= 4 is 17.2 Å². The van der Waals surface area contributed by atoms with Crippen molar-refractivity contribution in [3.63, 3.8) is 0 Å². The minimum Gasteiger partial charge on any atom is -0.476 e. The lowest BCUT2D eigenvalue weighted by atomic mass is 10.1. The molecule has 0 bridgehead atoms. The van der Waals surface area contributed by atoms with Crippen LogP contribution in [-0.2, 0) is 6.42 Å². The first-order chi connectivity index (χ1) is 9.27. The van der Waals surface area contributed by atoms with Gasteiger partial charge in [0, 0.05) is 12.4 Å². The summed E-state index contributed by atoms with van der Waals surface area (Å²) in [6.45, 7) is 0.559. The van der Waals surface area contributed by atoms with Crippen LogP contribution in [0.25, 0.3) is 0 Å². The van der Waals surface area contributed by atoms with Crippen molar-refractivity contribution in [2.24, 2.45) is 5.73 Å². The van der Waals surface area contributed by atoms with Gasteiger partial charge in [-0.25, -0.2) is 9.97 Å². The van der Waals surface area contributed by atoms with Gasteiger partial charge < -0.3 is 10.5 Å². The zero-order valence-corrected chi connectivity index (χ0v) is 11.3. The molecule has 5 heteroatoms. The van der Waals surface area contributed by atoms with Gasteiger partial charge in [0.2, 0.25) is 5.88 Å². The molecule has 0 atom stereocenters. The minimum atomic E-state index is 0.200. The average Bonchev–Trinajstić information content (AvgIpc) is 2.45. The first-order valence-electron chi connectivity index (χ1n) is 6.05. The second-order valence-corrected chi connectivity index (χ2v) is 4.45. The third-order valence-electron chi connectivity index (χ3n) is 2.59. The fourth-order valence-electron chi connectivity index (χ4n) is 1.69. The van der Waals surface area contributed by atoms with Gasteiger partial charge in [-0.15, -0.1) is 0 Å². The number of aromatic nitrogens is 2. The third-order valence-corrected chi connectivity index (χ3v) is 2.78. The zero-order chi connectivity index (χ0) is 13.5. The minimum absolute atomic E-state index is 0.200. The third kappa shape index (κ3) is 3.99. The first-order valence-corrected chi connectivity index (χ1v) is 6.46. The van der Waals surface area contributed by atoms with Crippen LogP contribution in [0.15, 0.2) is 42.7 Å². The van der Waals surface area contributed by atoms with E-state index in [9.17, 15) is 0 Å². The Morgan fingerprint density at radius 3 is 2.63 bits per heavy atom. The maximum Gasteiger partial charge on any atom is 0.243 e. The summed E-state index contributed by atoms with van der Waals surface area (Å²) in [7, 11) is 0. The van der Waals surface area contributed by atoms with E-state index in [1.165, 1.54) is 5.56 Å². The number of nitrogens with two attached hydrogens (primary N) is 1. The van der Waals surface area contributed by atoms with E-state index >= 15 is 0 Å². The summed E-state index contributed by atoms with van der Waals surface area (Å²) in [6, 6.07) is 10.3. The molecule has 0 saturated heterocycles. The normalized spacial score (nSPS) is 10.1. The highest BCUT2D eigenvalue weighted by atomic mass is 32.1. The van der Waals surface area contributed by atoms with Crippen molar-refractivity contribution in [2.45, 2.75) is 12.8 Å². The summed E-state index contributed by atoms with van der Waals surface area (Å²) in [5, 5.41) is 0. The number of rotatable bonds is 6. The molecule has 0 radical (unpaired) electrons. The summed E-state index contributed by atoms with van der Waals surface area (Å²) in [5.41, 5.74) is 7.29. The number of hydrogen-bond acceptors (Lipinski definition) is 4. The molecular weight excluding hydrogens is 258 g/mol. The van der Waals surface area contributed by atoms with E-state index in [1.807, 2.05) is 18.2 Å². The van der Waals surface area contributed by atoms with Gasteiger partial charge in [-0.05, 0) is 18.4 Å². The molecule has 0 amide bonds. The smallest absolute Gasteiger partial charge is 0.243 e. The van der Waals surface area contributed by atoms with Crippen molar-refractivity contribution in [1.29, 1.82) is 0 Å². The van der Waals surface area contributed by atoms with Crippen molar-refractivity contribution < 1.29 is 4.74 Å². The second-order valence-electron chi connectivity index (χ2n) is 4.01. The fourth-order valence-corrected chi connectivity index (χ4v) is 1.83. The summed E-state index contributed by atoms with van der Waals surface area (Å²) in [4.78, 5) is 8.35. The molecule has 1 heterocycles. The molecule has 1 aromatic carbocycles. The zero-order valence-electron chi connectivity index (χ0n) is 10.5. The van der Waals surface area contributed by atoms with Crippen molar-refractivity contribution in [3.05, 3.63) is 54.0 Å². The van der Waals surface area contributed by atoms with Crippen LogP contribution in [0.3, 0.4) is 0 Å². The second kappa shape index (κ2) is 6.80.